The third-order valence-corrected chi connectivity index (χ3v) is 5.39. The minimum absolute atomic E-state index is 0.0952. The average Bonchev–Trinajstić information content (AvgIpc) is 3.41. The van der Waals surface area contributed by atoms with E-state index in [0.29, 0.717) is 34.0 Å². The lowest BCUT2D eigenvalue weighted by Gasteiger charge is -2.22. The molecule has 3 heterocycles. The Balaban J connectivity index is 1.77. The second-order valence-corrected chi connectivity index (χ2v) is 8.00. The number of alkyl halides is 6. The van der Waals surface area contributed by atoms with Gasteiger partial charge in [-0.2, -0.15) is 40.9 Å². The molecule has 0 aliphatic heterocycles. The molecule has 1 aromatic carbocycles. The molecule has 0 amide bonds. The first-order valence-electron chi connectivity index (χ1n) is 10.6. The zero-order chi connectivity index (χ0) is 27.1. The van der Waals surface area contributed by atoms with E-state index in [4.69, 9.17) is 9.47 Å². The molecule has 0 fully saturated rings. The van der Waals surface area contributed by atoms with Gasteiger partial charge in [-0.3, -0.25) is 0 Å². The summed E-state index contributed by atoms with van der Waals surface area (Å²) in [7, 11) is 2.95. The van der Waals surface area contributed by atoms with Crippen LogP contribution in [-0.4, -0.2) is 51.2 Å². The fourth-order valence-corrected chi connectivity index (χ4v) is 3.72. The molecule has 0 aliphatic rings. The quantitative estimate of drug-likeness (QED) is 0.333. The van der Waals surface area contributed by atoms with Gasteiger partial charge in [-0.15, -0.1) is 0 Å². The number of aryl methyl sites for hydroxylation is 2. The van der Waals surface area contributed by atoms with Crippen LogP contribution in [0.3, 0.4) is 0 Å². The van der Waals surface area contributed by atoms with Gasteiger partial charge in [-0.25, -0.2) is 4.98 Å². The lowest BCUT2D eigenvalue weighted by molar-refractivity contribution is -0.146. The standard InChI is InChI=1S/C22H20F6N6O3/c1-10-7-16(30-15(21(23,24)25)9-17-31-20(33-37-17)22(26,27)28)34-19(29-10)18(11(2)32-34)13-6-5-12(35-3)8-14(13)36-4/h5-8,15,30H,9H2,1-4H3. The Morgan fingerprint density at radius 2 is 1.76 bits per heavy atom. The summed E-state index contributed by atoms with van der Waals surface area (Å²) >= 11 is 0. The second-order valence-electron chi connectivity index (χ2n) is 8.00. The number of aromatic nitrogens is 5. The molecular formula is C22H20F6N6O3. The van der Waals surface area contributed by atoms with Crippen LogP contribution in [0.2, 0.25) is 0 Å². The van der Waals surface area contributed by atoms with Crippen LogP contribution in [0.1, 0.15) is 23.1 Å². The Morgan fingerprint density at radius 3 is 2.35 bits per heavy atom. The number of halogens is 6. The lowest BCUT2D eigenvalue weighted by Crippen LogP contribution is -2.39. The Bertz CT molecular complexity index is 1430. The number of rotatable bonds is 7. The molecule has 15 heteroatoms. The van der Waals surface area contributed by atoms with Gasteiger partial charge in [0.1, 0.15) is 23.4 Å². The predicted octanol–water partition coefficient (Wildman–Crippen LogP) is 5.02. The Hall–Kier alpha value is -4.04. The summed E-state index contributed by atoms with van der Waals surface area (Å²) in [6.07, 6.45) is -10.9. The fraction of sp³-hybridized carbons (Fsp3) is 0.364. The molecule has 0 bridgehead atoms. The monoisotopic (exact) mass is 530 g/mol. The van der Waals surface area contributed by atoms with Crippen molar-refractivity contribution in [2.45, 2.75) is 38.7 Å². The van der Waals surface area contributed by atoms with Crippen LogP contribution in [0, 0.1) is 13.8 Å². The maximum atomic E-state index is 13.9. The van der Waals surface area contributed by atoms with Crippen molar-refractivity contribution in [1.29, 1.82) is 0 Å². The minimum atomic E-state index is -4.96. The van der Waals surface area contributed by atoms with Gasteiger partial charge in [0.05, 0.1) is 31.9 Å². The molecule has 0 aliphatic carbocycles. The van der Waals surface area contributed by atoms with Crippen LogP contribution in [0.5, 0.6) is 11.5 Å². The van der Waals surface area contributed by atoms with E-state index < -0.39 is 36.5 Å². The van der Waals surface area contributed by atoms with E-state index in [-0.39, 0.29) is 11.5 Å². The molecular weight excluding hydrogens is 510 g/mol. The Kier molecular flexibility index (Phi) is 6.64. The number of anilines is 1. The third kappa shape index (κ3) is 5.24. The van der Waals surface area contributed by atoms with Crippen LogP contribution >= 0.6 is 0 Å². The van der Waals surface area contributed by atoms with Gasteiger partial charge in [-0.1, -0.05) is 5.16 Å². The van der Waals surface area contributed by atoms with E-state index in [1.807, 2.05) is 0 Å². The van der Waals surface area contributed by atoms with Gasteiger partial charge in [0.15, 0.2) is 5.65 Å². The topological polar surface area (TPSA) is 99.6 Å². The number of nitrogens with zero attached hydrogens (tertiary/aromatic N) is 5. The van der Waals surface area contributed by atoms with E-state index in [9.17, 15) is 26.3 Å². The number of ether oxygens (including phenoxy) is 2. The maximum absolute atomic E-state index is 13.9. The van der Waals surface area contributed by atoms with Crippen molar-refractivity contribution >= 4 is 11.5 Å². The minimum Gasteiger partial charge on any atom is -0.497 e. The molecule has 0 saturated heterocycles. The van der Waals surface area contributed by atoms with Crippen molar-refractivity contribution in [2.24, 2.45) is 0 Å². The summed E-state index contributed by atoms with van der Waals surface area (Å²) in [5.74, 6) is -1.62. The maximum Gasteiger partial charge on any atom is 0.455 e. The molecule has 9 nitrogen and oxygen atoms in total. The van der Waals surface area contributed by atoms with Crippen LogP contribution < -0.4 is 14.8 Å². The molecule has 1 unspecified atom stereocenters. The smallest absolute Gasteiger partial charge is 0.455 e. The van der Waals surface area contributed by atoms with Gasteiger partial charge in [0.25, 0.3) is 5.82 Å². The molecule has 3 aromatic heterocycles. The first-order valence-corrected chi connectivity index (χ1v) is 10.6. The van der Waals surface area contributed by atoms with Gasteiger partial charge >= 0.3 is 12.4 Å². The highest BCUT2D eigenvalue weighted by Gasteiger charge is 2.43. The van der Waals surface area contributed by atoms with Gasteiger partial charge in [0, 0.05) is 23.4 Å². The number of hydrogen-bond donors (Lipinski definition) is 1. The number of nitrogens with one attached hydrogen (secondary N) is 1. The molecule has 4 aromatic rings. The van der Waals surface area contributed by atoms with Gasteiger partial charge < -0.3 is 19.3 Å². The number of hydrogen-bond acceptors (Lipinski definition) is 8. The summed E-state index contributed by atoms with van der Waals surface area (Å²) < 4.78 is 96.3. The summed E-state index contributed by atoms with van der Waals surface area (Å²) in [4.78, 5) is 7.51. The number of benzene rings is 1. The Morgan fingerprint density at radius 1 is 1.03 bits per heavy atom. The Labute approximate surface area is 205 Å². The van der Waals surface area contributed by atoms with Crippen LogP contribution in [-0.2, 0) is 12.6 Å². The highest BCUT2D eigenvalue weighted by Crippen LogP contribution is 2.38. The molecule has 1 atom stereocenters. The van der Waals surface area contributed by atoms with Crippen LogP contribution in [0.15, 0.2) is 28.8 Å². The molecule has 1 N–H and O–H groups in total. The van der Waals surface area contributed by atoms with E-state index in [0.717, 1.165) is 0 Å². The SMILES string of the molecule is COc1ccc(-c2c(C)nn3c(NC(Cc4nc(C(F)(F)F)no4)C(F)(F)F)cc(C)nc23)c(OC)c1. The van der Waals surface area contributed by atoms with Crippen molar-refractivity contribution in [3.63, 3.8) is 0 Å². The molecule has 0 saturated carbocycles. The average molecular weight is 530 g/mol. The predicted molar refractivity (Wildman–Crippen MR) is 117 cm³/mol. The van der Waals surface area contributed by atoms with Crippen molar-refractivity contribution in [3.8, 4) is 22.6 Å². The van der Waals surface area contributed by atoms with Crippen molar-refractivity contribution in [2.75, 3.05) is 19.5 Å². The summed E-state index contributed by atoms with van der Waals surface area (Å²) in [5.41, 5.74) is 2.14. The van der Waals surface area contributed by atoms with Crippen molar-refractivity contribution < 1.29 is 40.3 Å². The zero-order valence-electron chi connectivity index (χ0n) is 19.8. The molecule has 198 valence electrons. The second kappa shape index (κ2) is 9.44. The summed E-state index contributed by atoms with van der Waals surface area (Å²) in [6, 6.07) is 4.01. The molecule has 4 rings (SSSR count). The van der Waals surface area contributed by atoms with Gasteiger partial charge in [-0.05, 0) is 26.0 Å². The normalized spacial score (nSPS) is 13.1. The first kappa shape index (κ1) is 26.0. The molecule has 0 radical (unpaired) electrons. The van der Waals surface area contributed by atoms with E-state index >= 15 is 0 Å². The van der Waals surface area contributed by atoms with Crippen molar-refractivity contribution in [1.82, 2.24) is 24.7 Å². The highest BCUT2D eigenvalue weighted by molar-refractivity contribution is 5.85. The lowest BCUT2D eigenvalue weighted by atomic mass is 10.0. The van der Waals surface area contributed by atoms with E-state index in [1.54, 1.807) is 32.0 Å². The largest absolute Gasteiger partial charge is 0.497 e. The van der Waals surface area contributed by atoms with Crippen LogP contribution in [0.4, 0.5) is 32.2 Å². The molecule has 0 spiro atoms. The number of methoxy groups -OCH3 is 2. The molecule has 37 heavy (non-hydrogen) atoms. The summed E-state index contributed by atoms with van der Waals surface area (Å²) in [5, 5.41) is 9.39. The summed E-state index contributed by atoms with van der Waals surface area (Å²) in [6.45, 7) is 3.24. The fourth-order valence-electron chi connectivity index (χ4n) is 3.72. The number of fused-ring (bicyclic) bond motifs is 1. The highest BCUT2D eigenvalue weighted by atomic mass is 19.4. The third-order valence-electron chi connectivity index (χ3n) is 5.39. The van der Waals surface area contributed by atoms with E-state index in [1.165, 1.54) is 24.8 Å². The van der Waals surface area contributed by atoms with Crippen molar-refractivity contribution in [3.05, 3.63) is 47.4 Å². The first-order chi connectivity index (χ1) is 17.3. The van der Waals surface area contributed by atoms with E-state index in [2.05, 4.69) is 30.1 Å². The zero-order valence-corrected chi connectivity index (χ0v) is 19.8. The van der Waals surface area contributed by atoms with Gasteiger partial charge in [0.2, 0.25) is 5.89 Å². The van der Waals surface area contributed by atoms with Crippen LogP contribution in [0.25, 0.3) is 16.8 Å².